The Labute approximate surface area is 130 Å². The summed E-state index contributed by atoms with van der Waals surface area (Å²) in [4.78, 5) is 11.1. The van der Waals surface area contributed by atoms with Gasteiger partial charge in [0.2, 0.25) is 5.91 Å². The predicted octanol–water partition coefficient (Wildman–Crippen LogP) is 2.90. The molecule has 0 aromatic rings. The van der Waals surface area contributed by atoms with E-state index in [1.54, 1.807) is 0 Å². The van der Waals surface area contributed by atoms with Crippen molar-refractivity contribution in [1.82, 2.24) is 5.32 Å². The molecule has 5 nitrogen and oxygen atoms in total. The van der Waals surface area contributed by atoms with E-state index in [0.29, 0.717) is 26.4 Å². The average molecular weight is 318 g/mol. The van der Waals surface area contributed by atoms with Crippen LogP contribution in [0, 0.1) is 0 Å². The van der Waals surface area contributed by atoms with Crippen molar-refractivity contribution in [2.24, 2.45) is 0 Å². The van der Waals surface area contributed by atoms with Gasteiger partial charge in [-0.3, -0.25) is 4.79 Å². The Morgan fingerprint density at radius 3 is 1.90 bits per heavy atom. The van der Waals surface area contributed by atoms with Gasteiger partial charge in [-0.05, 0) is 31.8 Å². The van der Waals surface area contributed by atoms with E-state index in [1.165, 1.54) is 6.08 Å². The third kappa shape index (κ3) is 9.79. The molecule has 0 aliphatic carbocycles. The first-order valence-corrected chi connectivity index (χ1v) is 9.89. The molecule has 0 saturated carbocycles. The van der Waals surface area contributed by atoms with Crippen molar-refractivity contribution in [3.8, 4) is 0 Å². The molecule has 0 bridgehead atoms. The molecular formula is C15H31NO4Si. The quantitative estimate of drug-likeness (QED) is 0.304. The molecule has 0 radical (unpaired) electrons. The van der Waals surface area contributed by atoms with Crippen molar-refractivity contribution in [2.45, 2.75) is 52.5 Å². The van der Waals surface area contributed by atoms with Crippen molar-refractivity contribution in [3.05, 3.63) is 12.7 Å². The first-order valence-electron chi connectivity index (χ1n) is 7.96. The van der Waals surface area contributed by atoms with Gasteiger partial charge in [0.1, 0.15) is 0 Å². The van der Waals surface area contributed by atoms with E-state index in [2.05, 4.69) is 32.7 Å². The number of hydrogen-bond acceptors (Lipinski definition) is 4. The normalized spacial score (nSPS) is 11.4. The summed E-state index contributed by atoms with van der Waals surface area (Å²) in [6, 6.07) is 0.727. The minimum absolute atomic E-state index is 0.152. The molecule has 1 amide bonds. The Morgan fingerprint density at radius 2 is 1.52 bits per heavy atom. The van der Waals surface area contributed by atoms with Crippen LogP contribution in [-0.2, 0) is 18.1 Å². The van der Waals surface area contributed by atoms with Gasteiger partial charge in [0, 0.05) is 32.4 Å². The maximum Gasteiger partial charge on any atom is 0.501 e. The first kappa shape index (κ1) is 20.3. The monoisotopic (exact) mass is 317 g/mol. The van der Waals surface area contributed by atoms with E-state index in [4.69, 9.17) is 13.3 Å². The minimum Gasteiger partial charge on any atom is -0.373 e. The Kier molecular flexibility index (Phi) is 12.6. The van der Waals surface area contributed by atoms with Crippen LogP contribution in [-0.4, -0.2) is 41.1 Å². The molecule has 0 atom stereocenters. The maximum atomic E-state index is 11.1. The highest BCUT2D eigenvalue weighted by molar-refractivity contribution is 6.60. The molecular weight excluding hydrogens is 286 g/mol. The van der Waals surface area contributed by atoms with Crippen LogP contribution in [0.1, 0.15) is 46.5 Å². The molecule has 0 aliphatic rings. The van der Waals surface area contributed by atoms with Crippen LogP contribution in [0.15, 0.2) is 12.7 Å². The van der Waals surface area contributed by atoms with Crippen LogP contribution in [0.2, 0.25) is 6.04 Å². The number of carbonyl (C=O) groups is 1. The topological polar surface area (TPSA) is 56.8 Å². The zero-order valence-corrected chi connectivity index (χ0v) is 14.8. The van der Waals surface area contributed by atoms with Gasteiger partial charge in [-0.25, -0.2) is 0 Å². The summed E-state index contributed by atoms with van der Waals surface area (Å²) >= 11 is 0. The molecule has 0 unspecified atom stereocenters. The van der Waals surface area contributed by atoms with Crippen molar-refractivity contribution in [3.63, 3.8) is 0 Å². The van der Waals surface area contributed by atoms with Crippen LogP contribution in [0.3, 0.4) is 0 Å². The van der Waals surface area contributed by atoms with Gasteiger partial charge in [0.15, 0.2) is 0 Å². The number of rotatable bonds is 14. The molecule has 0 saturated heterocycles. The lowest BCUT2D eigenvalue weighted by atomic mass is 10.4. The Balaban J connectivity index is 4.47. The lowest BCUT2D eigenvalue weighted by molar-refractivity contribution is -0.116. The average Bonchev–Trinajstić information content (AvgIpc) is 2.52. The van der Waals surface area contributed by atoms with Crippen molar-refractivity contribution < 1.29 is 18.1 Å². The summed E-state index contributed by atoms with van der Waals surface area (Å²) in [5.74, 6) is -0.152. The van der Waals surface area contributed by atoms with Gasteiger partial charge in [0.05, 0.1) is 0 Å². The van der Waals surface area contributed by atoms with Gasteiger partial charge >= 0.3 is 8.80 Å². The van der Waals surface area contributed by atoms with Crippen LogP contribution >= 0.6 is 0 Å². The summed E-state index contributed by atoms with van der Waals surface area (Å²) in [5.41, 5.74) is 0. The third-order valence-corrected chi connectivity index (χ3v) is 5.62. The zero-order valence-electron chi connectivity index (χ0n) is 13.8. The molecule has 0 spiro atoms. The first-order chi connectivity index (χ1) is 10.1. The summed E-state index contributed by atoms with van der Waals surface area (Å²) < 4.78 is 17.9. The third-order valence-electron chi connectivity index (χ3n) is 2.72. The summed E-state index contributed by atoms with van der Waals surface area (Å²) in [5, 5.41) is 2.77. The zero-order chi connectivity index (χ0) is 16.0. The summed E-state index contributed by atoms with van der Waals surface area (Å²) in [6.45, 7) is 12.2. The molecule has 6 heteroatoms. The number of hydrogen-bond donors (Lipinski definition) is 1. The second-order valence-electron chi connectivity index (χ2n) is 4.83. The van der Waals surface area contributed by atoms with Gasteiger partial charge in [0.25, 0.3) is 0 Å². The lowest BCUT2D eigenvalue weighted by Crippen LogP contribution is -2.47. The van der Waals surface area contributed by atoms with E-state index < -0.39 is 8.80 Å². The largest absolute Gasteiger partial charge is 0.501 e. The van der Waals surface area contributed by atoms with Crippen LogP contribution in [0.4, 0.5) is 0 Å². The van der Waals surface area contributed by atoms with E-state index >= 15 is 0 Å². The van der Waals surface area contributed by atoms with E-state index in [-0.39, 0.29) is 5.91 Å². The Bertz CT molecular complexity index is 265. The van der Waals surface area contributed by atoms with Crippen LogP contribution in [0.25, 0.3) is 0 Å². The lowest BCUT2D eigenvalue weighted by Gasteiger charge is -2.29. The second-order valence-corrected chi connectivity index (χ2v) is 7.56. The SMILES string of the molecule is C=CC(=O)NCCC[Si](OCCC)(OCCC)OCCC. The minimum atomic E-state index is -2.62. The fourth-order valence-corrected chi connectivity index (χ4v) is 4.54. The smallest absolute Gasteiger partial charge is 0.373 e. The van der Waals surface area contributed by atoms with Crippen LogP contribution < -0.4 is 5.32 Å². The molecule has 0 heterocycles. The highest BCUT2D eigenvalue weighted by Crippen LogP contribution is 2.19. The fourth-order valence-electron chi connectivity index (χ4n) is 1.70. The molecule has 0 aromatic carbocycles. The fraction of sp³-hybridized carbons (Fsp3) is 0.800. The molecule has 124 valence electrons. The van der Waals surface area contributed by atoms with Crippen molar-refractivity contribution in [1.29, 1.82) is 0 Å². The van der Waals surface area contributed by atoms with Crippen molar-refractivity contribution >= 4 is 14.7 Å². The summed E-state index contributed by atoms with van der Waals surface area (Å²) in [7, 11) is -2.62. The van der Waals surface area contributed by atoms with Crippen LogP contribution in [0.5, 0.6) is 0 Å². The van der Waals surface area contributed by atoms with Gasteiger partial charge < -0.3 is 18.6 Å². The molecule has 0 aliphatic heterocycles. The number of nitrogens with one attached hydrogen (secondary N) is 1. The van der Waals surface area contributed by atoms with Gasteiger partial charge in [-0.1, -0.05) is 27.4 Å². The van der Waals surface area contributed by atoms with Gasteiger partial charge in [-0.2, -0.15) is 0 Å². The van der Waals surface area contributed by atoms with Gasteiger partial charge in [-0.15, -0.1) is 0 Å². The highest BCUT2D eigenvalue weighted by Gasteiger charge is 2.40. The van der Waals surface area contributed by atoms with Crippen molar-refractivity contribution in [2.75, 3.05) is 26.4 Å². The molecule has 0 fully saturated rings. The maximum absolute atomic E-state index is 11.1. The summed E-state index contributed by atoms with van der Waals surface area (Å²) in [6.07, 6.45) is 4.87. The molecule has 1 N–H and O–H groups in total. The Morgan fingerprint density at radius 1 is 1.05 bits per heavy atom. The predicted molar refractivity (Wildman–Crippen MR) is 87.1 cm³/mol. The molecule has 0 aromatic heterocycles. The van der Waals surface area contributed by atoms with E-state index in [9.17, 15) is 4.79 Å². The number of carbonyl (C=O) groups excluding carboxylic acids is 1. The molecule has 21 heavy (non-hydrogen) atoms. The highest BCUT2D eigenvalue weighted by atomic mass is 28.4. The standard InChI is InChI=1S/C15H31NO4Si/c1-5-11-18-21(19-12-6-2,20-13-7-3)14-9-10-16-15(17)8-4/h8H,4-7,9-14H2,1-3H3,(H,16,17). The number of amides is 1. The van der Waals surface area contributed by atoms with E-state index in [1.807, 2.05) is 0 Å². The Hall–Kier alpha value is -0.693. The molecule has 0 rings (SSSR count). The second kappa shape index (κ2) is 13.0. The van der Waals surface area contributed by atoms with E-state index in [0.717, 1.165) is 31.7 Å².